The maximum Gasteiger partial charge on any atom is 0.224 e. The van der Waals surface area contributed by atoms with Crippen molar-refractivity contribution in [2.75, 3.05) is 18.9 Å². The van der Waals surface area contributed by atoms with Crippen LogP contribution in [0.3, 0.4) is 0 Å². The number of nitrogens with zero attached hydrogens (tertiary/aromatic N) is 1. The van der Waals surface area contributed by atoms with E-state index in [1.165, 1.54) is 5.56 Å². The van der Waals surface area contributed by atoms with Gasteiger partial charge in [0.2, 0.25) is 5.91 Å². The molecule has 2 unspecified atom stereocenters. The standard InChI is InChI=1S/C17H22N2O2/c1-5-14(20)18-13-8-6-7-12-15-11(3)19(4)9-10(2)16(15)21-17(12)13/h6-8,10-11H,5,9H2,1-4H3,(H,18,20). The zero-order valence-corrected chi connectivity index (χ0v) is 13.1. The number of likely N-dealkylation sites (N-methyl/N-ethyl adjacent to an activating group) is 1. The van der Waals surface area contributed by atoms with Gasteiger partial charge in [0, 0.05) is 35.9 Å². The van der Waals surface area contributed by atoms with E-state index in [-0.39, 0.29) is 5.91 Å². The van der Waals surface area contributed by atoms with Crippen LogP contribution in [0.15, 0.2) is 22.6 Å². The summed E-state index contributed by atoms with van der Waals surface area (Å²) in [6.45, 7) is 7.23. The molecule has 0 fully saturated rings. The van der Waals surface area contributed by atoms with Crippen molar-refractivity contribution in [3.63, 3.8) is 0 Å². The van der Waals surface area contributed by atoms with E-state index in [0.717, 1.165) is 29.0 Å². The summed E-state index contributed by atoms with van der Waals surface area (Å²) in [6, 6.07) is 6.30. The molecule has 112 valence electrons. The summed E-state index contributed by atoms with van der Waals surface area (Å²) >= 11 is 0. The minimum Gasteiger partial charge on any atom is -0.458 e. The van der Waals surface area contributed by atoms with Crippen molar-refractivity contribution in [3.05, 3.63) is 29.5 Å². The molecule has 3 rings (SSSR count). The van der Waals surface area contributed by atoms with Gasteiger partial charge in [0.25, 0.3) is 0 Å². The molecule has 1 aromatic heterocycles. The molecule has 1 aliphatic heterocycles. The number of carbonyl (C=O) groups is 1. The Morgan fingerprint density at radius 2 is 2.19 bits per heavy atom. The molecule has 0 saturated heterocycles. The number of fused-ring (bicyclic) bond motifs is 3. The summed E-state index contributed by atoms with van der Waals surface area (Å²) in [5.41, 5.74) is 2.84. The van der Waals surface area contributed by atoms with Gasteiger partial charge in [0.05, 0.1) is 5.69 Å². The summed E-state index contributed by atoms with van der Waals surface area (Å²) < 4.78 is 6.16. The molecule has 1 amide bonds. The lowest BCUT2D eigenvalue weighted by atomic mass is 9.92. The van der Waals surface area contributed by atoms with Crippen LogP contribution in [-0.4, -0.2) is 24.4 Å². The number of para-hydroxylation sites is 1. The van der Waals surface area contributed by atoms with Crippen LogP contribution >= 0.6 is 0 Å². The van der Waals surface area contributed by atoms with E-state index in [0.29, 0.717) is 18.4 Å². The zero-order chi connectivity index (χ0) is 15.1. The van der Waals surface area contributed by atoms with Crippen molar-refractivity contribution in [3.8, 4) is 0 Å². The second kappa shape index (κ2) is 5.19. The van der Waals surface area contributed by atoms with Crippen LogP contribution in [0.2, 0.25) is 0 Å². The third-order valence-electron chi connectivity index (χ3n) is 4.47. The molecule has 0 bridgehead atoms. The van der Waals surface area contributed by atoms with Crippen LogP contribution in [0.25, 0.3) is 11.0 Å². The van der Waals surface area contributed by atoms with Gasteiger partial charge in [-0.1, -0.05) is 26.0 Å². The highest BCUT2D eigenvalue weighted by molar-refractivity contribution is 6.01. The van der Waals surface area contributed by atoms with Crippen LogP contribution < -0.4 is 5.32 Å². The van der Waals surface area contributed by atoms with Crippen molar-refractivity contribution < 1.29 is 9.21 Å². The lowest BCUT2D eigenvalue weighted by Crippen LogP contribution is -2.31. The highest BCUT2D eigenvalue weighted by atomic mass is 16.3. The van der Waals surface area contributed by atoms with E-state index in [4.69, 9.17) is 4.42 Å². The van der Waals surface area contributed by atoms with Gasteiger partial charge in [-0.25, -0.2) is 0 Å². The number of furan rings is 1. The Hall–Kier alpha value is -1.81. The monoisotopic (exact) mass is 286 g/mol. The van der Waals surface area contributed by atoms with Gasteiger partial charge < -0.3 is 9.73 Å². The first-order chi connectivity index (χ1) is 10.0. The number of carbonyl (C=O) groups excluding carboxylic acids is 1. The molecule has 21 heavy (non-hydrogen) atoms. The quantitative estimate of drug-likeness (QED) is 0.911. The molecular weight excluding hydrogens is 264 g/mol. The fourth-order valence-corrected chi connectivity index (χ4v) is 3.18. The Morgan fingerprint density at radius 1 is 1.43 bits per heavy atom. The molecule has 0 saturated carbocycles. The molecule has 1 aliphatic rings. The number of nitrogens with one attached hydrogen (secondary N) is 1. The highest BCUT2D eigenvalue weighted by Crippen LogP contribution is 2.43. The third-order valence-corrected chi connectivity index (χ3v) is 4.47. The minimum atomic E-state index is 0.00934. The van der Waals surface area contributed by atoms with Gasteiger partial charge in [0.15, 0.2) is 5.58 Å². The molecular formula is C17H22N2O2. The molecule has 2 aromatic rings. The molecule has 2 atom stereocenters. The average Bonchev–Trinajstić information content (AvgIpc) is 2.86. The Labute approximate surface area is 125 Å². The number of anilines is 1. The first-order valence-electron chi connectivity index (χ1n) is 7.58. The molecule has 4 heteroatoms. The molecule has 4 nitrogen and oxygen atoms in total. The second-order valence-corrected chi connectivity index (χ2v) is 5.98. The van der Waals surface area contributed by atoms with Gasteiger partial charge >= 0.3 is 0 Å². The maximum atomic E-state index is 11.7. The van der Waals surface area contributed by atoms with Gasteiger partial charge in [0.1, 0.15) is 5.76 Å². The molecule has 0 radical (unpaired) electrons. The van der Waals surface area contributed by atoms with Gasteiger partial charge in [-0.2, -0.15) is 0 Å². The zero-order valence-electron chi connectivity index (χ0n) is 13.1. The van der Waals surface area contributed by atoms with Crippen LogP contribution in [-0.2, 0) is 4.79 Å². The SMILES string of the molecule is CCC(=O)Nc1cccc2c3c(oc12)C(C)CN(C)C3C. The largest absolute Gasteiger partial charge is 0.458 e. The second-order valence-electron chi connectivity index (χ2n) is 5.98. The highest BCUT2D eigenvalue weighted by Gasteiger charge is 2.32. The fraction of sp³-hybridized carbons (Fsp3) is 0.471. The van der Waals surface area contributed by atoms with E-state index in [1.807, 2.05) is 19.1 Å². The normalized spacial score (nSPS) is 22.3. The van der Waals surface area contributed by atoms with Crippen molar-refractivity contribution in [1.82, 2.24) is 4.90 Å². The Bertz CT molecular complexity index is 689. The lowest BCUT2D eigenvalue weighted by molar-refractivity contribution is -0.115. The molecule has 1 N–H and O–H groups in total. The van der Waals surface area contributed by atoms with E-state index in [1.54, 1.807) is 0 Å². The summed E-state index contributed by atoms with van der Waals surface area (Å²) in [5, 5.41) is 4.05. The number of hydrogen-bond acceptors (Lipinski definition) is 3. The van der Waals surface area contributed by atoms with Crippen molar-refractivity contribution in [2.24, 2.45) is 0 Å². The number of hydrogen-bond donors (Lipinski definition) is 1. The van der Waals surface area contributed by atoms with E-state index in [9.17, 15) is 4.79 Å². The van der Waals surface area contributed by atoms with Crippen molar-refractivity contribution in [1.29, 1.82) is 0 Å². The molecule has 1 aromatic carbocycles. The minimum absolute atomic E-state index is 0.00934. The summed E-state index contributed by atoms with van der Waals surface area (Å²) in [5.74, 6) is 1.44. The summed E-state index contributed by atoms with van der Waals surface area (Å²) in [4.78, 5) is 14.0. The van der Waals surface area contributed by atoms with Crippen molar-refractivity contribution >= 4 is 22.6 Å². The summed E-state index contributed by atoms with van der Waals surface area (Å²) in [7, 11) is 2.14. The van der Waals surface area contributed by atoms with E-state index >= 15 is 0 Å². The van der Waals surface area contributed by atoms with E-state index in [2.05, 4.69) is 37.2 Å². The predicted octanol–water partition coefficient (Wildman–Crippen LogP) is 3.89. The van der Waals surface area contributed by atoms with Gasteiger partial charge in [-0.15, -0.1) is 0 Å². The van der Waals surface area contributed by atoms with Crippen LogP contribution in [0.5, 0.6) is 0 Å². The van der Waals surface area contributed by atoms with Crippen molar-refractivity contribution in [2.45, 2.75) is 39.2 Å². The number of amides is 1. The molecule has 0 aliphatic carbocycles. The fourth-order valence-electron chi connectivity index (χ4n) is 3.18. The predicted molar refractivity (Wildman–Crippen MR) is 84.6 cm³/mol. The topological polar surface area (TPSA) is 45.5 Å². The average molecular weight is 286 g/mol. The Kier molecular flexibility index (Phi) is 3.49. The van der Waals surface area contributed by atoms with E-state index < -0.39 is 0 Å². The summed E-state index contributed by atoms with van der Waals surface area (Å²) in [6.07, 6.45) is 0.465. The Morgan fingerprint density at radius 3 is 2.90 bits per heavy atom. The number of benzene rings is 1. The van der Waals surface area contributed by atoms with Crippen LogP contribution in [0.1, 0.15) is 50.5 Å². The number of rotatable bonds is 2. The van der Waals surface area contributed by atoms with Crippen LogP contribution in [0, 0.1) is 0 Å². The smallest absolute Gasteiger partial charge is 0.224 e. The lowest BCUT2D eigenvalue weighted by Gasteiger charge is -2.32. The third kappa shape index (κ3) is 2.23. The maximum absolute atomic E-state index is 11.7. The first kappa shape index (κ1) is 14.1. The van der Waals surface area contributed by atoms with Crippen LogP contribution in [0.4, 0.5) is 5.69 Å². The molecule has 2 heterocycles. The Balaban J connectivity index is 2.17. The first-order valence-corrected chi connectivity index (χ1v) is 7.58. The van der Waals surface area contributed by atoms with Gasteiger partial charge in [-0.3, -0.25) is 9.69 Å². The molecule has 0 spiro atoms. The van der Waals surface area contributed by atoms with Gasteiger partial charge in [-0.05, 0) is 20.0 Å².